The third-order valence-electron chi connectivity index (χ3n) is 9.21. The predicted molar refractivity (Wildman–Crippen MR) is 191 cm³/mol. The van der Waals surface area contributed by atoms with E-state index in [-0.39, 0.29) is 47.7 Å². The van der Waals surface area contributed by atoms with Crippen LogP contribution in [0.3, 0.4) is 0 Å². The zero-order chi connectivity index (χ0) is 35.7. The number of carboxylic acid groups (broad SMARTS) is 1. The number of aliphatic imine (C=N–C) groups is 1. The summed E-state index contributed by atoms with van der Waals surface area (Å²) in [5, 5.41) is 15.4. The summed E-state index contributed by atoms with van der Waals surface area (Å²) in [4.78, 5) is 61.0. The number of cyclic esters (lactones) is 1. The third kappa shape index (κ3) is 8.76. The molecule has 272 valence electrons. The van der Waals surface area contributed by atoms with Crippen molar-refractivity contribution in [2.75, 3.05) is 26.8 Å². The number of carbonyl (C=O) groups is 4. The van der Waals surface area contributed by atoms with Gasteiger partial charge in [-0.05, 0) is 36.6 Å². The summed E-state index contributed by atoms with van der Waals surface area (Å²) in [6.45, 7) is 1.53. The molecule has 0 unspecified atom stereocenters. The van der Waals surface area contributed by atoms with Gasteiger partial charge < -0.3 is 24.7 Å². The van der Waals surface area contributed by atoms with Crippen molar-refractivity contribution in [3.05, 3.63) is 137 Å². The Balaban J connectivity index is 0.00000523. The number of aliphatic carboxylic acids is 1. The molecule has 0 saturated carbocycles. The van der Waals surface area contributed by atoms with Crippen LogP contribution in [0.2, 0.25) is 0 Å². The third-order valence-corrected chi connectivity index (χ3v) is 9.21. The first-order chi connectivity index (χ1) is 24.8. The summed E-state index contributed by atoms with van der Waals surface area (Å²) in [6.07, 6.45) is 0.415. The Kier molecular flexibility index (Phi) is 12.9. The van der Waals surface area contributed by atoms with Gasteiger partial charge in [0.05, 0.1) is 31.3 Å². The number of para-hydroxylation sites is 2. The molecule has 4 aromatic rings. The number of likely N-dealkylation sites (tertiary alicyclic amines) is 1. The Morgan fingerprint density at radius 1 is 0.923 bits per heavy atom. The quantitative estimate of drug-likeness (QED) is 0.124. The normalized spacial score (nSPS) is 17.1. The van der Waals surface area contributed by atoms with Crippen LogP contribution in [0, 0.1) is 0 Å². The number of hydrogen-bond donors (Lipinski definition) is 1. The molecule has 4 aromatic carbocycles. The van der Waals surface area contributed by atoms with Crippen molar-refractivity contribution < 1.29 is 50.2 Å². The van der Waals surface area contributed by atoms with Gasteiger partial charge in [0.15, 0.2) is 6.04 Å². The van der Waals surface area contributed by atoms with E-state index in [0.717, 1.165) is 23.4 Å². The summed E-state index contributed by atoms with van der Waals surface area (Å²) in [5.74, 6) is -2.83. The average molecular weight is 746 g/mol. The summed E-state index contributed by atoms with van der Waals surface area (Å²) < 4.78 is 10.6. The molecule has 0 aliphatic carbocycles. The molecule has 2 fully saturated rings. The van der Waals surface area contributed by atoms with Gasteiger partial charge in [0.2, 0.25) is 5.91 Å². The Bertz CT molecular complexity index is 1910. The molecule has 3 atom stereocenters. The number of carboxylic acids is 1. The molecular weight excluding hydrogens is 707 g/mol. The Labute approximate surface area is 312 Å². The van der Waals surface area contributed by atoms with Crippen molar-refractivity contribution in [1.29, 1.82) is 0 Å². The van der Waals surface area contributed by atoms with Crippen molar-refractivity contribution in [3.8, 4) is 5.75 Å². The maximum atomic E-state index is 13.9. The minimum absolute atomic E-state index is 0. The molecule has 0 radical (unpaired) electrons. The summed E-state index contributed by atoms with van der Waals surface area (Å²) in [6, 6.07) is 31.0. The molecule has 2 aliphatic rings. The molecule has 52 heavy (non-hydrogen) atoms. The maximum Gasteiger partial charge on any atom is 0.416 e. The van der Waals surface area contributed by atoms with Crippen LogP contribution in [0.15, 0.2) is 114 Å². The van der Waals surface area contributed by atoms with Crippen LogP contribution in [-0.4, -0.2) is 83.4 Å². The maximum absolute atomic E-state index is 13.9. The van der Waals surface area contributed by atoms with Crippen molar-refractivity contribution in [2.45, 2.75) is 43.8 Å². The first-order valence-electron chi connectivity index (χ1n) is 16.9. The largest absolute Gasteiger partial charge is 0.625 e. The number of imide groups is 1. The Morgan fingerprint density at radius 3 is 2.29 bits per heavy atom. The molecule has 3 amide bonds. The molecule has 2 heterocycles. The van der Waals surface area contributed by atoms with Crippen LogP contribution < -0.4 is 4.74 Å². The van der Waals surface area contributed by atoms with Crippen molar-refractivity contribution in [3.63, 3.8) is 0 Å². The van der Waals surface area contributed by atoms with E-state index in [1.807, 2.05) is 48.5 Å². The molecule has 11 nitrogen and oxygen atoms in total. The van der Waals surface area contributed by atoms with Gasteiger partial charge in [-0.3, -0.25) is 14.7 Å². The van der Waals surface area contributed by atoms with E-state index < -0.39 is 36.0 Å². The fraction of sp³-hybridized carbons (Fsp3) is 0.275. The van der Waals surface area contributed by atoms with E-state index in [2.05, 4.69) is 10.2 Å². The average Bonchev–Trinajstić information content (AvgIpc) is 3.81. The second kappa shape index (κ2) is 17.8. The number of rotatable bonds is 13. The SMILES string of the molecule is COc1ccccc1[C@H](CC(=O)N1CCOC1=O)[C@@H](N=C(c1ccccc1)c1ccccc1[N-]C(=O)[C@@H]1CCCN1Cc1ccccc1)C(=O)O.[Ni]. The zero-order valence-corrected chi connectivity index (χ0v) is 29.6. The van der Waals surface area contributed by atoms with E-state index in [0.29, 0.717) is 41.1 Å². The van der Waals surface area contributed by atoms with Gasteiger partial charge >= 0.3 is 12.1 Å². The zero-order valence-electron chi connectivity index (χ0n) is 28.6. The second-order valence-corrected chi connectivity index (χ2v) is 12.4. The van der Waals surface area contributed by atoms with Crippen LogP contribution in [0.5, 0.6) is 5.75 Å². The van der Waals surface area contributed by atoms with Gasteiger partial charge in [-0.2, -0.15) is 0 Å². The molecule has 0 bridgehead atoms. The molecule has 0 aromatic heterocycles. The van der Waals surface area contributed by atoms with E-state index in [1.165, 1.54) is 7.11 Å². The predicted octanol–water partition coefficient (Wildman–Crippen LogP) is 6.33. The number of carbonyl (C=O) groups excluding carboxylic acids is 3. The van der Waals surface area contributed by atoms with Gasteiger partial charge in [-0.1, -0.05) is 103 Å². The smallest absolute Gasteiger partial charge is 0.416 e. The molecule has 12 heteroatoms. The van der Waals surface area contributed by atoms with Crippen LogP contribution >= 0.6 is 0 Å². The van der Waals surface area contributed by atoms with Crippen LogP contribution in [0.1, 0.15) is 47.4 Å². The minimum atomic E-state index is -1.51. The van der Waals surface area contributed by atoms with Gasteiger partial charge in [0.1, 0.15) is 12.4 Å². The number of amides is 3. The van der Waals surface area contributed by atoms with Crippen LogP contribution in [0.25, 0.3) is 5.32 Å². The molecule has 2 saturated heterocycles. The second-order valence-electron chi connectivity index (χ2n) is 12.4. The number of ether oxygens (including phenoxy) is 2. The molecule has 1 N–H and O–H groups in total. The standard InChI is InChI=1S/C40H40N4O7.Ni/c1-50-34-21-11-9-17-29(34)31(25-35(45)44-23-24-51-40(44)49)37(39(47)48)42-36(28-15-6-3-7-16-28)30-18-8-10-19-32(30)41-38(46)33-20-12-22-43(33)26-27-13-4-2-5-14-27;/h2-11,13-19,21,31,33,37H,12,20,22-26H2,1H3,(H2,41,42,46,47,48);/p-1/t31-,33-,37+;/m0./s1. The van der Waals surface area contributed by atoms with Gasteiger partial charge in [0, 0.05) is 46.5 Å². The van der Waals surface area contributed by atoms with Crippen molar-refractivity contribution in [2.24, 2.45) is 4.99 Å². The molecule has 0 spiro atoms. The Hall–Kier alpha value is -5.32. The van der Waals surface area contributed by atoms with Crippen molar-refractivity contribution >= 4 is 35.3 Å². The van der Waals surface area contributed by atoms with Crippen LogP contribution in [-0.2, 0) is 42.2 Å². The van der Waals surface area contributed by atoms with E-state index in [1.54, 1.807) is 60.7 Å². The summed E-state index contributed by atoms with van der Waals surface area (Å²) in [5.41, 5.74) is 3.25. The van der Waals surface area contributed by atoms with E-state index >= 15 is 0 Å². The fourth-order valence-electron chi connectivity index (χ4n) is 6.71. The number of benzene rings is 4. The van der Waals surface area contributed by atoms with E-state index in [4.69, 9.17) is 14.5 Å². The molecular formula is C40H39N4NiO7-. The summed E-state index contributed by atoms with van der Waals surface area (Å²) >= 11 is 0. The topological polar surface area (TPSA) is 140 Å². The monoisotopic (exact) mass is 745 g/mol. The Morgan fingerprint density at radius 2 is 1.60 bits per heavy atom. The van der Waals surface area contributed by atoms with Crippen molar-refractivity contribution in [1.82, 2.24) is 9.80 Å². The first-order valence-corrected chi connectivity index (χ1v) is 16.9. The summed E-state index contributed by atoms with van der Waals surface area (Å²) in [7, 11) is 1.46. The fourth-order valence-corrected chi connectivity index (χ4v) is 6.71. The minimum Gasteiger partial charge on any atom is -0.625 e. The first kappa shape index (κ1) is 37.9. The number of hydrogen-bond acceptors (Lipinski definition) is 8. The number of nitrogens with zero attached hydrogens (tertiary/aromatic N) is 4. The van der Waals surface area contributed by atoms with Crippen LogP contribution in [0.4, 0.5) is 10.5 Å². The van der Waals surface area contributed by atoms with Gasteiger partial charge in [0.25, 0.3) is 0 Å². The van der Waals surface area contributed by atoms with Gasteiger partial charge in [-0.25, -0.2) is 14.5 Å². The van der Waals surface area contributed by atoms with E-state index in [9.17, 15) is 24.3 Å². The molecule has 6 rings (SSSR count). The van der Waals surface area contributed by atoms with Gasteiger partial charge in [-0.15, -0.1) is 5.69 Å². The number of methoxy groups -OCH3 is 1. The molecule has 2 aliphatic heterocycles.